The minimum Gasteiger partial charge on any atom is -0.329 e. The number of carbonyl (C=O) groups excluding carboxylic acids is 1. The second kappa shape index (κ2) is 4.38. The molecule has 0 heterocycles. The van der Waals surface area contributed by atoms with Crippen molar-refractivity contribution in [2.24, 2.45) is 11.1 Å². The average molecular weight is 249 g/mol. The van der Waals surface area contributed by atoms with Crippen molar-refractivity contribution < 1.29 is 9.72 Å². The highest BCUT2D eigenvalue weighted by Crippen LogP contribution is 2.45. The summed E-state index contributed by atoms with van der Waals surface area (Å²) in [6.45, 7) is 1.93. The van der Waals surface area contributed by atoms with Crippen molar-refractivity contribution in [1.82, 2.24) is 0 Å². The molecule has 1 amide bonds. The number of rotatable bonds is 4. The molecule has 1 aromatic rings. The van der Waals surface area contributed by atoms with Crippen molar-refractivity contribution >= 4 is 17.3 Å². The van der Waals surface area contributed by atoms with Gasteiger partial charge in [0.1, 0.15) is 0 Å². The predicted molar refractivity (Wildman–Crippen MR) is 67.2 cm³/mol. The van der Waals surface area contributed by atoms with Crippen LogP contribution in [0.4, 0.5) is 11.4 Å². The van der Waals surface area contributed by atoms with E-state index >= 15 is 0 Å². The Kier molecular flexibility index (Phi) is 3.04. The molecule has 0 radical (unpaired) electrons. The van der Waals surface area contributed by atoms with Crippen LogP contribution >= 0.6 is 0 Å². The quantitative estimate of drug-likeness (QED) is 0.625. The molecular formula is C12H15N3O3. The summed E-state index contributed by atoms with van der Waals surface area (Å²) in [5, 5.41) is 13.5. The highest BCUT2D eigenvalue weighted by atomic mass is 16.6. The Morgan fingerprint density at radius 3 is 2.72 bits per heavy atom. The first kappa shape index (κ1) is 12.5. The average Bonchev–Trinajstić information content (AvgIpc) is 3.12. The number of anilines is 1. The molecule has 2 rings (SSSR count). The summed E-state index contributed by atoms with van der Waals surface area (Å²) in [6.07, 6.45) is 1.56. The number of hydrogen-bond donors (Lipinski definition) is 2. The number of nitrogens with zero attached hydrogens (tertiary/aromatic N) is 1. The van der Waals surface area contributed by atoms with E-state index in [0.717, 1.165) is 12.8 Å². The summed E-state index contributed by atoms with van der Waals surface area (Å²) >= 11 is 0. The number of nitro groups is 1. The van der Waals surface area contributed by atoms with Crippen LogP contribution in [0.1, 0.15) is 18.4 Å². The molecule has 1 aliphatic rings. The van der Waals surface area contributed by atoms with E-state index in [2.05, 4.69) is 5.32 Å². The molecule has 18 heavy (non-hydrogen) atoms. The van der Waals surface area contributed by atoms with E-state index in [0.29, 0.717) is 17.8 Å². The SMILES string of the molecule is Cc1c(NC(=O)C2(CN)CC2)cccc1[N+](=O)[O-]. The zero-order valence-corrected chi connectivity index (χ0v) is 10.1. The second-order valence-corrected chi connectivity index (χ2v) is 4.65. The molecule has 0 atom stereocenters. The van der Waals surface area contributed by atoms with Gasteiger partial charge in [0.2, 0.25) is 5.91 Å². The van der Waals surface area contributed by atoms with Crippen LogP contribution in [-0.2, 0) is 4.79 Å². The molecule has 1 fully saturated rings. The third-order valence-electron chi connectivity index (χ3n) is 3.48. The first-order valence-corrected chi connectivity index (χ1v) is 5.76. The highest BCUT2D eigenvalue weighted by Gasteiger charge is 2.48. The fraction of sp³-hybridized carbons (Fsp3) is 0.417. The van der Waals surface area contributed by atoms with Crippen molar-refractivity contribution in [1.29, 1.82) is 0 Å². The first-order chi connectivity index (χ1) is 8.50. The molecule has 96 valence electrons. The molecule has 6 heteroatoms. The summed E-state index contributed by atoms with van der Waals surface area (Å²) in [6, 6.07) is 4.64. The number of nitrogens with one attached hydrogen (secondary N) is 1. The summed E-state index contributed by atoms with van der Waals surface area (Å²) in [4.78, 5) is 22.3. The van der Waals surface area contributed by atoms with Gasteiger partial charge in [0.25, 0.3) is 5.69 Å². The van der Waals surface area contributed by atoms with Crippen molar-refractivity contribution in [3.8, 4) is 0 Å². The first-order valence-electron chi connectivity index (χ1n) is 5.76. The molecule has 1 aromatic carbocycles. The smallest absolute Gasteiger partial charge is 0.274 e. The van der Waals surface area contributed by atoms with Crippen LogP contribution < -0.4 is 11.1 Å². The van der Waals surface area contributed by atoms with Gasteiger partial charge in [0.15, 0.2) is 0 Å². The lowest BCUT2D eigenvalue weighted by Gasteiger charge is -2.14. The van der Waals surface area contributed by atoms with Crippen molar-refractivity contribution in [2.45, 2.75) is 19.8 Å². The number of nitro benzene ring substituents is 1. The van der Waals surface area contributed by atoms with Gasteiger partial charge in [0.05, 0.1) is 21.6 Å². The third-order valence-corrected chi connectivity index (χ3v) is 3.48. The van der Waals surface area contributed by atoms with E-state index in [-0.39, 0.29) is 11.6 Å². The van der Waals surface area contributed by atoms with Crippen LogP contribution in [0.5, 0.6) is 0 Å². The van der Waals surface area contributed by atoms with Crippen LogP contribution in [0, 0.1) is 22.5 Å². The molecule has 1 saturated carbocycles. The summed E-state index contributed by atoms with van der Waals surface area (Å²) in [5.41, 5.74) is 6.06. The molecule has 0 aromatic heterocycles. The molecule has 0 spiro atoms. The summed E-state index contributed by atoms with van der Waals surface area (Å²) in [5.74, 6) is -0.145. The minimum absolute atomic E-state index is 0.00500. The van der Waals surface area contributed by atoms with Gasteiger partial charge >= 0.3 is 0 Å². The van der Waals surface area contributed by atoms with Crippen LogP contribution in [-0.4, -0.2) is 17.4 Å². The number of hydrogen-bond acceptors (Lipinski definition) is 4. The van der Waals surface area contributed by atoms with E-state index in [1.807, 2.05) is 0 Å². The standard InChI is InChI=1S/C12H15N3O3/c1-8-9(3-2-4-10(8)15(17)18)14-11(16)12(7-13)5-6-12/h2-4H,5-7,13H2,1H3,(H,14,16). The number of nitrogens with two attached hydrogens (primary N) is 1. The molecular weight excluding hydrogens is 234 g/mol. The van der Waals surface area contributed by atoms with Gasteiger partial charge in [-0.1, -0.05) is 6.07 Å². The molecule has 0 unspecified atom stereocenters. The maximum Gasteiger partial charge on any atom is 0.274 e. The fourth-order valence-electron chi connectivity index (χ4n) is 1.89. The topological polar surface area (TPSA) is 98.3 Å². The Morgan fingerprint density at radius 2 is 2.22 bits per heavy atom. The van der Waals surface area contributed by atoms with Gasteiger partial charge in [-0.15, -0.1) is 0 Å². The molecule has 6 nitrogen and oxygen atoms in total. The summed E-state index contributed by atoms with van der Waals surface area (Å²) < 4.78 is 0. The number of benzene rings is 1. The predicted octanol–water partition coefficient (Wildman–Crippen LogP) is 1.58. The number of carbonyl (C=O) groups is 1. The Hall–Kier alpha value is -1.95. The van der Waals surface area contributed by atoms with E-state index in [4.69, 9.17) is 5.73 Å². The van der Waals surface area contributed by atoms with Gasteiger partial charge in [0, 0.05) is 12.6 Å². The Bertz CT molecular complexity index is 509. The molecule has 0 bridgehead atoms. The number of amides is 1. The zero-order valence-electron chi connectivity index (χ0n) is 10.1. The molecule has 0 aliphatic heterocycles. The Labute approximate surface area is 104 Å². The van der Waals surface area contributed by atoms with Crippen LogP contribution in [0.15, 0.2) is 18.2 Å². The van der Waals surface area contributed by atoms with Gasteiger partial charge in [-0.25, -0.2) is 0 Å². The largest absolute Gasteiger partial charge is 0.329 e. The Balaban J connectivity index is 2.22. The molecule has 3 N–H and O–H groups in total. The van der Waals surface area contributed by atoms with E-state index in [1.165, 1.54) is 6.07 Å². The molecule has 1 aliphatic carbocycles. The lowest BCUT2D eigenvalue weighted by molar-refractivity contribution is -0.385. The monoisotopic (exact) mass is 249 g/mol. The van der Waals surface area contributed by atoms with E-state index < -0.39 is 10.3 Å². The van der Waals surface area contributed by atoms with Crippen molar-refractivity contribution in [3.05, 3.63) is 33.9 Å². The van der Waals surface area contributed by atoms with Crippen LogP contribution in [0.25, 0.3) is 0 Å². The summed E-state index contributed by atoms with van der Waals surface area (Å²) in [7, 11) is 0. The third kappa shape index (κ3) is 2.06. The minimum atomic E-state index is -0.461. The molecule has 0 saturated heterocycles. The van der Waals surface area contributed by atoms with Crippen molar-refractivity contribution in [2.75, 3.05) is 11.9 Å². The fourth-order valence-corrected chi connectivity index (χ4v) is 1.89. The maximum absolute atomic E-state index is 12.0. The normalized spacial score (nSPS) is 16.1. The van der Waals surface area contributed by atoms with E-state index in [9.17, 15) is 14.9 Å². The lowest BCUT2D eigenvalue weighted by atomic mass is 10.1. The van der Waals surface area contributed by atoms with E-state index in [1.54, 1.807) is 19.1 Å². The van der Waals surface area contributed by atoms with Gasteiger partial charge in [-0.3, -0.25) is 14.9 Å². The zero-order chi connectivity index (χ0) is 13.3. The van der Waals surface area contributed by atoms with Crippen LogP contribution in [0.2, 0.25) is 0 Å². The van der Waals surface area contributed by atoms with Gasteiger partial charge < -0.3 is 11.1 Å². The maximum atomic E-state index is 12.0. The van der Waals surface area contributed by atoms with Gasteiger partial charge in [-0.05, 0) is 25.8 Å². The van der Waals surface area contributed by atoms with Crippen molar-refractivity contribution in [3.63, 3.8) is 0 Å². The Morgan fingerprint density at radius 1 is 1.56 bits per heavy atom. The van der Waals surface area contributed by atoms with Gasteiger partial charge in [-0.2, -0.15) is 0 Å². The highest BCUT2D eigenvalue weighted by molar-refractivity contribution is 5.98. The van der Waals surface area contributed by atoms with Crippen LogP contribution in [0.3, 0.4) is 0 Å². The second-order valence-electron chi connectivity index (χ2n) is 4.65. The lowest BCUT2D eigenvalue weighted by Crippen LogP contribution is -2.31.